The number of rotatable bonds is 5. The molecule has 2 aromatic carbocycles. The van der Waals surface area contributed by atoms with E-state index >= 15 is 0 Å². The van der Waals surface area contributed by atoms with E-state index in [0.717, 1.165) is 18.4 Å². The zero-order valence-electron chi connectivity index (χ0n) is 15.0. The standard InChI is InChI=1S/C21H20ClN3O2/c1-2-27-19-10-8-14(11-17(19)22)20-16(12-23-25-20)21(26)24-18-9-7-13-5-3-4-6-15(13)18/h3-6,8,10-12,18H,2,7,9H2,1H3,(H,23,25)(H,24,26)/t18-/m1/s1. The lowest BCUT2D eigenvalue weighted by Crippen LogP contribution is -2.27. The zero-order valence-corrected chi connectivity index (χ0v) is 15.7. The summed E-state index contributed by atoms with van der Waals surface area (Å²) in [6.07, 6.45) is 3.44. The monoisotopic (exact) mass is 381 g/mol. The molecule has 2 N–H and O–H groups in total. The lowest BCUT2D eigenvalue weighted by molar-refractivity contribution is 0.0937. The van der Waals surface area contributed by atoms with Crippen LogP contribution in [0.4, 0.5) is 0 Å². The van der Waals surface area contributed by atoms with Crippen molar-refractivity contribution in [3.05, 3.63) is 70.4 Å². The second-order valence-corrected chi connectivity index (χ2v) is 6.91. The Kier molecular flexibility index (Phi) is 4.86. The number of aromatic amines is 1. The Bertz CT molecular complexity index is 983. The van der Waals surface area contributed by atoms with Gasteiger partial charge in [-0.1, -0.05) is 35.9 Å². The fourth-order valence-electron chi connectivity index (χ4n) is 3.55. The van der Waals surface area contributed by atoms with Crippen LogP contribution in [0, 0.1) is 0 Å². The lowest BCUT2D eigenvalue weighted by Gasteiger charge is -2.14. The summed E-state index contributed by atoms with van der Waals surface area (Å²) in [5, 5.41) is 10.6. The number of ether oxygens (including phenoxy) is 1. The molecule has 27 heavy (non-hydrogen) atoms. The van der Waals surface area contributed by atoms with Crippen molar-refractivity contribution in [2.45, 2.75) is 25.8 Å². The summed E-state index contributed by atoms with van der Waals surface area (Å²) in [4.78, 5) is 12.9. The van der Waals surface area contributed by atoms with E-state index in [2.05, 4.69) is 27.6 Å². The average molecular weight is 382 g/mol. The number of carbonyl (C=O) groups is 1. The summed E-state index contributed by atoms with van der Waals surface area (Å²) < 4.78 is 5.47. The molecule has 0 bridgehead atoms. The summed E-state index contributed by atoms with van der Waals surface area (Å²) in [6, 6.07) is 13.7. The average Bonchev–Trinajstić information content (AvgIpc) is 3.31. The van der Waals surface area contributed by atoms with E-state index in [1.165, 1.54) is 11.1 Å². The molecule has 0 saturated heterocycles. The number of amides is 1. The van der Waals surface area contributed by atoms with E-state index in [0.29, 0.717) is 28.6 Å². The van der Waals surface area contributed by atoms with Gasteiger partial charge < -0.3 is 10.1 Å². The minimum atomic E-state index is -0.148. The first kappa shape index (κ1) is 17.6. The highest BCUT2D eigenvalue weighted by atomic mass is 35.5. The Morgan fingerprint density at radius 3 is 3.00 bits per heavy atom. The molecule has 6 heteroatoms. The Balaban J connectivity index is 1.57. The maximum Gasteiger partial charge on any atom is 0.255 e. The van der Waals surface area contributed by atoms with Gasteiger partial charge in [-0.25, -0.2) is 0 Å². The van der Waals surface area contributed by atoms with Gasteiger partial charge in [-0.05, 0) is 49.1 Å². The molecule has 0 aliphatic heterocycles. The molecule has 138 valence electrons. The number of aryl methyl sites for hydroxylation is 1. The van der Waals surface area contributed by atoms with Crippen molar-refractivity contribution in [3.63, 3.8) is 0 Å². The van der Waals surface area contributed by atoms with Crippen LogP contribution in [0.5, 0.6) is 5.75 Å². The second kappa shape index (κ2) is 7.45. The molecule has 5 nitrogen and oxygen atoms in total. The molecule has 1 heterocycles. The normalized spacial score (nSPS) is 15.4. The first-order valence-electron chi connectivity index (χ1n) is 9.02. The second-order valence-electron chi connectivity index (χ2n) is 6.50. The van der Waals surface area contributed by atoms with Crippen LogP contribution in [0.2, 0.25) is 5.02 Å². The number of benzene rings is 2. The van der Waals surface area contributed by atoms with Crippen LogP contribution >= 0.6 is 11.6 Å². The molecule has 1 atom stereocenters. The predicted molar refractivity (Wildman–Crippen MR) is 105 cm³/mol. The van der Waals surface area contributed by atoms with Gasteiger partial charge in [-0.2, -0.15) is 5.10 Å². The first-order chi connectivity index (χ1) is 13.2. The van der Waals surface area contributed by atoms with Crippen LogP contribution in [0.3, 0.4) is 0 Å². The smallest absolute Gasteiger partial charge is 0.255 e. The maximum atomic E-state index is 12.9. The van der Waals surface area contributed by atoms with Crippen molar-refractivity contribution in [1.29, 1.82) is 0 Å². The van der Waals surface area contributed by atoms with E-state index in [-0.39, 0.29) is 11.9 Å². The van der Waals surface area contributed by atoms with Crippen LogP contribution in [-0.4, -0.2) is 22.7 Å². The van der Waals surface area contributed by atoms with Gasteiger partial charge in [0.25, 0.3) is 5.91 Å². The number of nitrogens with zero attached hydrogens (tertiary/aromatic N) is 1. The molecule has 1 amide bonds. The highest BCUT2D eigenvalue weighted by molar-refractivity contribution is 6.32. The van der Waals surface area contributed by atoms with Gasteiger partial charge in [0.05, 0.1) is 35.1 Å². The molecule has 0 spiro atoms. The molecule has 1 aliphatic carbocycles. The molecule has 0 saturated carbocycles. The Labute approximate surface area is 162 Å². The molecular formula is C21H20ClN3O2. The van der Waals surface area contributed by atoms with Crippen molar-refractivity contribution in [2.75, 3.05) is 6.61 Å². The summed E-state index contributed by atoms with van der Waals surface area (Å²) in [7, 11) is 0. The minimum Gasteiger partial charge on any atom is -0.492 e. The number of carbonyl (C=O) groups excluding carboxylic acids is 1. The number of fused-ring (bicyclic) bond motifs is 1. The molecule has 3 aromatic rings. The summed E-state index contributed by atoms with van der Waals surface area (Å²) in [6.45, 7) is 2.45. The van der Waals surface area contributed by atoms with Crippen LogP contribution in [0.25, 0.3) is 11.3 Å². The Morgan fingerprint density at radius 1 is 1.33 bits per heavy atom. The molecule has 0 fully saturated rings. The fraction of sp³-hybridized carbons (Fsp3) is 0.238. The summed E-state index contributed by atoms with van der Waals surface area (Å²) in [5.41, 5.74) is 4.43. The highest BCUT2D eigenvalue weighted by Gasteiger charge is 2.25. The van der Waals surface area contributed by atoms with E-state index in [9.17, 15) is 4.79 Å². The number of H-pyrrole nitrogens is 1. The number of nitrogens with one attached hydrogen (secondary N) is 2. The maximum absolute atomic E-state index is 12.9. The molecule has 0 radical (unpaired) electrons. The van der Waals surface area contributed by atoms with E-state index < -0.39 is 0 Å². The lowest BCUT2D eigenvalue weighted by atomic mass is 10.1. The van der Waals surface area contributed by atoms with Crippen molar-refractivity contribution in [1.82, 2.24) is 15.5 Å². The topological polar surface area (TPSA) is 67.0 Å². The fourth-order valence-corrected chi connectivity index (χ4v) is 3.79. The van der Waals surface area contributed by atoms with Crippen LogP contribution in [-0.2, 0) is 6.42 Å². The van der Waals surface area contributed by atoms with Crippen molar-refractivity contribution in [3.8, 4) is 17.0 Å². The van der Waals surface area contributed by atoms with E-state index in [4.69, 9.17) is 16.3 Å². The number of hydrogen-bond acceptors (Lipinski definition) is 3. The van der Waals surface area contributed by atoms with Gasteiger partial charge in [-0.15, -0.1) is 0 Å². The molecular weight excluding hydrogens is 362 g/mol. The third-order valence-electron chi connectivity index (χ3n) is 4.84. The largest absolute Gasteiger partial charge is 0.492 e. The third-order valence-corrected chi connectivity index (χ3v) is 5.14. The molecule has 1 aliphatic rings. The van der Waals surface area contributed by atoms with E-state index in [1.807, 2.05) is 25.1 Å². The van der Waals surface area contributed by atoms with Crippen molar-refractivity contribution >= 4 is 17.5 Å². The minimum absolute atomic E-state index is 0.0281. The van der Waals surface area contributed by atoms with Gasteiger partial charge in [0.15, 0.2) is 0 Å². The third kappa shape index (κ3) is 3.43. The number of halogens is 1. The summed E-state index contributed by atoms with van der Waals surface area (Å²) in [5.74, 6) is 0.474. The Morgan fingerprint density at radius 2 is 2.19 bits per heavy atom. The van der Waals surface area contributed by atoms with Gasteiger partial charge in [-0.3, -0.25) is 9.89 Å². The van der Waals surface area contributed by atoms with Crippen LogP contribution in [0.15, 0.2) is 48.7 Å². The van der Waals surface area contributed by atoms with E-state index in [1.54, 1.807) is 18.3 Å². The van der Waals surface area contributed by atoms with Gasteiger partial charge in [0, 0.05) is 5.56 Å². The van der Waals surface area contributed by atoms with Crippen LogP contribution < -0.4 is 10.1 Å². The van der Waals surface area contributed by atoms with Gasteiger partial charge in [0.1, 0.15) is 5.75 Å². The quantitative estimate of drug-likeness (QED) is 0.681. The number of hydrogen-bond donors (Lipinski definition) is 2. The van der Waals surface area contributed by atoms with Gasteiger partial charge >= 0.3 is 0 Å². The molecule has 4 rings (SSSR count). The molecule has 1 aromatic heterocycles. The molecule has 0 unspecified atom stereocenters. The van der Waals surface area contributed by atoms with Gasteiger partial charge in [0.2, 0.25) is 0 Å². The first-order valence-corrected chi connectivity index (χ1v) is 9.40. The summed E-state index contributed by atoms with van der Waals surface area (Å²) >= 11 is 6.29. The van der Waals surface area contributed by atoms with Crippen molar-refractivity contribution in [2.24, 2.45) is 0 Å². The van der Waals surface area contributed by atoms with Crippen LogP contribution in [0.1, 0.15) is 40.9 Å². The highest BCUT2D eigenvalue weighted by Crippen LogP contribution is 2.33. The zero-order chi connectivity index (χ0) is 18.8. The predicted octanol–water partition coefficient (Wildman–Crippen LogP) is 4.55. The SMILES string of the molecule is CCOc1ccc(-c2[nH]ncc2C(=O)N[C@@H]2CCc3ccccc32)cc1Cl. The van der Waals surface area contributed by atoms with Crippen molar-refractivity contribution < 1.29 is 9.53 Å². The Hall–Kier alpha value is -2.79. The number of aromatic nitrogens is 2.